The molecule has 3 nitrogen and oxygen atoms in total. The Balaban J connectivity index is 3.02. The molecule has 0 saturated carbocycles. The first kappa shape index (κ1) is 16.2. The van der Waals surface area contributed by atoms with E-state index in [0.717, 1.165) is 10.0 Å². The van der Waals surface area contributed by atoms with Gasteiger partial charge in [0.15, 0.2) is 0 Å². The molecule has 0 saturated heterocycles. The minimum atomic E-state index is -0.934. The summed E-state index contributed by atoms with van der Waals surface area (Å²) in [5, 5.41) is 18.9. The van der Waals surface area contributed by atoms with Crippen LogP contribution in [0, 0.1) is 5.41 Å². The molecule has 4 heteroatoms. The molecule has 0 aliphatic rings. The molecular weight excluding hydrogens is 308 g/mol. The fraction of sp³-hybridized carbons (Fsp3) is 0.533. The van der Waals surface area contributed by atoms with Gasteiger partial charge in [-0.25, -0.2) is 0 Å². The van der Waals surface area contributed by atoms with Crippen LogP contribution >= 0.6 is 15.9 Å². The van der Waals surface area contributed by atoms with Crippen molar-refractivity contribution in [2.75, 3.05) is 6.61 Å². The van der Waals surface area contributed by atoms with Gasteiger partial charge in [0.05, 0.1) is 5.41 Å². The van der Waals surface area contributed by atoms with Crippen molar-refractivity contribution in [3.8, 4) is 0 Å². The van der Waals surface area contributed by atoms with E-state index in [4.69, 9.17) is 0 Å². The van der Waals surface area contributed by atoms with E-state index in [9.17, 15) is 15.0 Å². The maximum atomic E-state index is 11.7. The summed E-state index contributed by atoms with van der Waals surface area (Å²) >= 11 is 3.38. The highest BCUT2D eigenvalue weighted by molar-refractivity contribution is 9.10. The van der Waals surface area contributed by atoms with Crippen molar-refractivity contribution in [2.45, 2.75) is 39.0 Å². The SMILES string of the molecule is CC(C)(CO)CCC(C)(C(=O)O)c1cccc(Br)c1. The van der Waals surface area contributed by atoms with Gasteiger partial charge in [0, 0.05) is 11.1 Å². The molecule has 106 valence electrons. The van der Waals surface area contributed by atoms with Gasteiger partial charge in [-0.1, -0.05) is 41.9 Å². The zero-order chi connectivity index (χ0) is 14.7. The summed E-state index contributed by atoms with van der Waals surface area (Å²) in [4.78, 5) is 11.7. The molecule has 0 aliphatic heterocycles. The van der Waals surface area contributed by atoms with E-state index in [1.54, 1.807) is 6.92 Å². The molecule has 0 aliphatic carbocycles. The molecule has 0 amide bonds. The van der Waals surface area contributed by atoms with Crippen molar-refractivity contribution in [1.82, 2.24) is 0 Å². The van der Waals surface area contributed by atoms with E-state index >= 15 is 0 Å². The van der Waals surface area contributed by atoms with Crippen LogP contribution in [0.15, 0.2) is 28.7 Å². The van der Waals surface area contributed by atoms with Crippen LogP contribution in [-0.2, 0) is 10.2 Å². The number of benzene rings is 1. The summed E-state index contributed by atoms with van der Waals surface area (Å²) in [6.07, 6.45) is 1.14. The van der Waals surface area contributed by atoms with E-state index in [0.29, 0.717) is 12.8 Å². The van der Waals surface area contributed by atoms with Gasteiger partial charge in [-0.3, -0.25) is 4.79 Å². The van der Waals surface area contributed by atoms with E-state index in [1.807, 2.05) is 38.1 Å². The van der Waals surface area contributed by atoms with Crippen LogP contribution in [0.1, 0.15) is 39.2 Å². The summed E-state index contributed by atoms with van der Waals surface area (Å²) < 4.78 is 0.874. The van der Waals surface area contributed by atoms with Crippen molar-refractivity contribution in [3.63, 3.8) is 0 Å². The zero-order valence-corrected chi connectivity index (χ0v) is 13.2. The summed E-state index contributed by atoms with van der Waals surface area (Å²) in [7, 11) is 0. The van der Waals surface area contributed by atoms with Crippen molar-refractivity contribution in [3.05, 3.63) is 34.3 Å². The maximum Gasteiger partial charge on any atom is 0.313 e. The van der Waals surface area contributed by atoms with Gasteiger partial charge in [0.2, 0.25) is 0 Å². The zero-order valence-electron chi connectivity index (χ0n) is 11.6. The topological polar surface area (TPSA) is 57.5 Å². The Morgan fingerprint density at radius 1 is 1.26 bits per heavy atom. The predicted octanol–water partition coefficient (Wildman–Crippen LogP) is 3.59. The number of aliphatic hydroxyl groups excluding tert-OH is 1. The van der Waals surface area contributed by atoms with Gasteiger partial charge in [0.25, 0.3) is 0 Å². The first-order valence-corrected chi connectivity index (χ1v) is 7.11. The number of halogens is 1. The molecule has 0 fully saturated rings. The monoisotopic (exact) mass is 328 g/mol. The highest BCUT2D eigenvalue weighted by Gasteiger charge is 2.36. The summed E-state index contributed by atoms with van der Waals surface area (Å²) in [6.45, 7) is 5.68. The smallest absolute Gasteiger partial charge is 0.313 e. The molecule has 0 aromatic heterocycles. The van der Waals surface area contributed by atoms with Crippen LogP contribution in [0.5, 0.6) is 0 Å². The molecule has 1 aromatic carbocycles. The molecule has 0 spiro atoms. The maximum absolute atomic E-state index is 11.7. The normalized spacial score (nSPS) is 15.0. The number of aliphatic carboxylic acids is 1. The lowest BCUT2D eigenvalue weighted by molar-refractivity contribution is -0.143. The Labute approximate surface area is 122 Å². The van der Waals surface area contributed by atoms with Crippen molar-refractivity contribution >= 4 is 21.9 Å². The highest BCUT2D eigenvalue weighted by Crippen LogP contribution is 2.35. The number of carbonyl (C=O) groups is 1. The third-order valence-electron chi connectivity index (χ3n) is 3.66. The van der Waals surface area contributed by atoms with Gasteiger partial charge in [-0.2, -0.15) is 0 Å². The molecule has 0 bridgehead atoms. The largest absolute Gasteiger partial charge is 0.481 e. The lowest BCUT2D eigenvalue weighted by Gasteiger charge is -2.30. The fourth-order valence-electron chi connectivity index (χ4n) is 1.87. The minimum Gasteiger partial charge on any atom is -0.481 e. The molecule has 2 N–H and O–H groups in total. The summed E-state index contributed by atoms with van der Waals surface area (Å²) in [5.74, 6) is -0.834. The second-order valence-corrected chi connectivity index (χ2v) is 6.89. The van der Waals surface area contributed by atoms with Crippen LogP contribution in [0.25, 0.3) is 0 Å². The van der Waals surface area contributed by atoms with Crippen LogP contribution in [0.3, 0.4) is 0 Å². The number of hydrogen-bond donors (Lipinski definition) is 2. The van der Waals surface area contributed by atoms with Crippen LogP contribution in [-0.4, -0.2) is 22.8 Å². The Hall–Kier alpha value is -0.870. The lowest BCUT2D eigenvalue weighted by atomic mass is 9.74. The van der Waals surface area contributed by atoms with E-state index in [1.165, 1.54) is 0 Å². The number of hydrogen-bond acceptors (Lipinski definition) is 2. The Morgan fingerprint density at radius 3 is 2.37 bits per heavy atom. The van der Waals surface area contributed by atoms with Crippen LogP contribution in [0.2, 0.25) is 0 Å². The second kappa shape index (κ2) is 6.06. The van der Waals surface area contributed by atoms with Gasteiger partial charge in [-0.05, 0) is 42.9 Å². The second-order valence-electron chi connectivity index (χ2n) is 5.97. The average molecular weight is 329 g/mol. The average Bonchev–Trinajstić information content (AvgIpc) is 2.36. The summed E-state index contributed by atoms with van der Waals surface area (Å²) in [6, 6.07) is 7.41. The number of aliphatic hydroxyl groups is 1. The Kier molecular flexibility index (Phi) is 5.16. The van der Waals surface area contributed by atoms with Gasteiger partial charge in [-0.15, -0.1) is 0 Å². The molecule has 1 rings (SSSR count). The van der Waals surface area contributed by atoms with Gasteiger partial charge >= 0.3 is 5.97 Å². The predicted molar refractivity (Wildman–Crippen MR) is 79.2 cm³/mol. The number of rotatable bonds is 6. The third-order valence-corrected chi connectivity index (χ3v) is 4.16. The Morgan fingerprint density at radius 2 is 1.89 bits per heavy atom. The fourth-order valence-corrected chi connectivity index (χ4v) is 2.27. The van der Waals surface area contributed by atoms with E-state index < -0.39 is 11.4 Å². The molecular formula is C15H21BrO3. The van der Waals surface area contributed by atoms with Crippen LogP contribution in [0.4, 0.5) is 0 Å². The minimum absolute atomic E-state index is 0.0567. The molecule has 19 heavy (non-hydrogen) atoms. The molecule has 0 heterocycles. The highest BCUT2D eigenvalue weighted by atomic mass is 79.9. The Bertz CT molecular complexity index is 456. The molecule has 1 unspecified atom stereocenters. The van der Waals surface area contributed by atoms with Gasteiger partial charge in [0.1, 0.15) is 0 Å². The first-order valence-electron chi connectivity index (χ1n) is 6.31. The van der Waals surface area contributed by atoms with Crippen LogP contribution < -0.4 is 0 Å². The third kappa shape index (κ3) is 4.05. The standard InChI is InChI=1S/C15H21BrO3/c1-14(2,10-17)7-8-15(3,13(18)19)11-5-4-6-12(16)9-11/h4-6,9,17H,7-8,10H2,1-3H3,(H,18,19). The molecule has 1 aromatic rings. The van der Waals surface area contributed by atoms with E-state index in [-0.39, 0.29) is 12.0 Å². The number of carboxylic acids is 1. The quantitative estimate of drug-likeness (QED) is 0.838. The number of carboxylic acid groups (broad SMARTS) is 1. The molecule has 0 radical (unpaired) electrons. The lowest BCUT2D eigenvalue weighted by Crippen LogP contribution is -2.34. The summed E-state index contributed by atoms with van der Waals surface area (Å²) in [5.41, 5.74) is -0.415. The van der Waals surface area contributed by atoms with Crippen molar-refractivity contribution in [2.24, 2.45) is 5.41 Å². The van der Waals surface area contributed by atoms with Crippen molar-refractivity contribution < 1.29 is 15.0 Å². The molecule has 1 atom stereocenters. The van der Waals surface area contributed by atoms with Crippen molar-refractivity contribution in [1.29, 1.82) is 0 Å². The first-order chi connectivity index (χ1) is 8.71. The van der Waals surface area contributed by atoms with E-state index in [2.05, 4.69) is 15.9 Å². The van der Waals surface area contributed by atoms with Gasteiger partial charge < -0.3 is 10.2 Å².